The Kier molecular flexibility index (Phi) is 5.12. The second-order valence-corrected chi connectivity index (χ2v) is 7.30. The normalized spacial score (nSPS) is 12.9. The molecule has 1 aliphatic carbocycles. The van der Waals surface area contributed by atoms with Gasteiger partial charge in [-0.25, -0.2) is 4.79 Å². The highest BCUT2D eigenvalue weighted by molar-refractivity contribution is 6.31. The summed E-state index contributed by atoms with van der Waals surface area (Å²) in [6, 6.07) is 14.9. The van der Waals surface area contributed by atoms with Gasteiger partial charge in [0.2, 0.25) is 0 Å². The minimum absolute atomic E-state index is 0.459. The fourth-order valence-electron chi connectivity index (χ4n) is 3.34. The molecule has 4 rings (SSSR count). The molecule has 0 aliphatic heterocycles. The zero-order chi connectivity index (χ0) is 19.7. The second-order valence-electron chi connectivity index (χ2n) is 6.38. The molecule has 1 aliphatic rings. The Labute approximate surface area is 172 Å². The Morgan fingerprint density at radius 3 is 2.54 bits per heavy atom. The molecule has 0 aromatic heterocycles. The first-order chi connectivity index (χ1) is 13.6. The molecule has 0 unspecified atom stereocenters. The number of ether oxygens (including phenoxy) is 2. The second kappa shape index (κ2) is 7.70. The van der Waals surface area contributed by atoms with E-state index < -0.39 is 5.97 Å². The van der Waals surface area contributed by atoms with Gasteiger partial charge in [-0.2, -0.15) is 0 Å². The van der Waals surface area contributed by atoms with Crippen molar-refractivity contribution >= 4 is 39.9 Å². The fraction of sp³-hybridized carbons (Fsp3) is 0.0870. The van der Waals surface area contributed by atoms with Gasteiger partial charge < -0.3 is 9.47 Å². The van der Waals surface area contributed by atoms with Gasteiger partial charge in [-0.1, -0.05) is 54.1 Å². The number of para-hydroxylation sites is 1. The lowest BCUT2D eigenvalue weighted by Gasteiger charge is -2.23. The first-order valence-electron chi connectivity index (χ1n) is 8.75. The van der Waals surface area contributed by atoms with E-state index in [9.17, 15) is 4.79 Å². The van der Waals surface area contributed by atoms with Crippen LogP contribution in [-0.4, -0.2) is 5.97 Å². The molecule has 3 nitrogen and oxygen atoms in total. The summed E-state index contributed by atoms with van der Waals surface area (Å²) in [5.41, 5.74) is 1.76. The van der Waals surface area contributed by atoms with E-state index in [0.717, 1.165) is 28.0 Å². The summed E-state index contributed by atoms with van der Waals surface area (Å²) in [6.45, 7) is 3.49. The highest BCUT2D eigenvalue weighted by Crippen LogP contribution is 2.46. The Morgan fingerprint density at radius 2 is 1.79 bits per heavy atom. The highest BCUT2D eigenvalue weighted by atomic mass is 35.5. The fourth-order valence-corrected chi connectivity index (χ4v) is 3.72. The Bertz CT molecular complexity index is 1120. The van der Waals surface area contributed by atoms with Gasteiger partial charge in [0.25, 0.3) is 0 Å². The average Bonchev–Trinajstić information content (AvgIpc) is 2.71. The van der Waals surface area contributed by atoms with E-state index in [1.807, 2.05) is 48.5 Å². The van der Waals surface area contributed by atoms with E-state index in [1.54, 1.807) is 6.07 Å². The summed E-state index contributed by atoms with van der Waals surface area (Å²) >= 11 is 12.6. The number of esters is 1. The third-order valence-corrected chi connectivity index (χ3v) is 5.11. The van der Waals surface area contributed by atoms with Gasteiger partial charge >= 0.3 is 5.97 Å². The van der Waals surface area contributed by atoms with Crippen LogP contribution in [0.3, 0.4) is 0 Å². The van der Waals surface area contributed by atoms with E-state index in [1.165, 1.54) is 0 Å². The molecular formula is C23H16Cl2O3. The number of hydrogen-bond donors (Lipinski definition) is 0. The topological polar surface area (TPSA) is 35.5 Å². The maximum atomic E-state index is 12.0. The van der Waals surface area contributed by atoms with Crippen molar-refractivity contribution in [2.75, 3.05) is 0 Å². The standard InChI is InChI=1S/C23H16Cl2O3/c1-2-21(26)28-23-18-11-9-14(24)12-19(18)22(27-16-6-4-3-5-7-16)17-10-8-15(25)13-20(17)23/h2-9,11-12H,1,10,13H2. The molecule has 0 amide bonds. The van der Waals surface area contributed by atoms with Gasteiger partial charge in [0.15, 0.2) is 0 Å². The first kappa shape index (κ1) is 18.6. The predicted octanol–water partition coefficient (Wildman–Crippen LogP) is 6.60. The van der Waals surface area contributed by atoms with Crippen LogP contribution in [0.5, 0.6) is 17.2 Å². The number of carbonyl (C=O) groups excluding carboxylic acids is 1. The number of rotatable bonds is 4. The number of halogens is 2. The molecule has 0 N–H and O–H groups in total. The lowest BCUT2D eigenvalue weighted by Crippen LogP contribution is -2.11. The van der Waals surface area contributed by atoms with Crippen LogP contribution in [0.2, 0.25) is 5.02 Å². The van der Waals surface area contributed by atoms with Crippen LogP contribution in [-0.2, 0) is 17.6 Å². The zero-order valence-corrected chi connectivity index (χ0v) is 16.4. The average molecular weight is 411 g/mol. The third-order valence-electron chi connectivity index (χ3n) is 4.59. The van der Waals surface area contributed by atoms with Crippen LogP contribution in [0, 0.1) is 0 Å². The maximum Gasteiger partial charge on any atom is 0.335 e. The Hall–Kier alpha value is -2.75. The molecule has 3 aromatic carbocycles. The van der Waals surface area contributed by atoms with Gasteiger partial charge in [-0.05, 0) is 36.8 Å². The summed E-state index contributed by atoms with van der Waals surface area (Å²) in [7, 11) is 0. The number of fused-ring (bicyclic) bond motifs is 2. The van der Waals surface area contributed by atoms with Crippen LogP contribution >= 0.6 is 23.2 Å². The molecule has 0 spiro atoms. The first-order valence-corrected chi connectivity index (χ1v) is 9.51. The molecule has 0 bridgehead atoms. The summed E-state index contributed by atoms with van der Waals surface area (Å²) in [4.78, 5) is 12.0. The van der Waals surface area contributed by atoms with Crippen molar-refractivity contribution in [1.82, 2.24) is 0 Å². The largest absolute Gasteiger partial charge is 0.456 e. The van der Waals surface area contributed by atoms with Crippen molar-refractivity contribution in [3.63, 3.8) is 0 Å². The van der Waals surface area contributed by atoms with Crippen molar-refractivity contribution in [2.45, 2.75) is 12.8 Å². The van der Waals surface area contributed by atoms with E-state index in [2.05, 4.69) is 6.58 Å². The summed E-state index contributed by atoms with van der Waals surface area (Å²) in [5, 5.41) is 2.77. The van der Waals surface area contributed by atoms with Crippen LogP contribution in [0.25, 0.3) is 10.8 Å². The Balaban J connectivity index is 2.01. The SMILES string of the molecule is C=CC(=O)Oc1c2c(c(Oc3ccccc3)c3cc(Cl)ccc13)CC=C(Cl)C2. The molecule has 5 heteroatoms. The summed E-state index contributed by atoms with van der Waals surface area (Å²) in [5.74, 6) is 1.35. The van der Waals surface area contributed by atoms with Gasteiger partial charge in [0.05, 0.1) is 0 Å². The molecule has 140 valence electrons. The maximum absolute atomic E-state index is 12.0. The molecule has 3 aromatic rings. The summed E-state index contributed by atoms with van der Waals surface area (Å²) < 4.78 is 11.9. The minimum atomic E-state index is -0.527. The molecule has 0 fully saturated rings. The predicted molar refractivity (Wildman–Crippen MR) is 113 cm³/mol. The molecule has 28 heavy (non-hydrogen) atoms. The van der Waals surface area contributed by atoms with Gasteiger partial charge in [-0.15, -0.1) is 0 Å². The lowest BCUT2D eigenvalue weighted by atomic mass is 9.90. The zero-order valence-electron chi connectivity index (χ0n) is 14.9. The molecule has 0 saturated carbocycles. The highest BCUT2D eigenvalue weighted by Gasteiger charge is 2.25. The van der Waals surface area contributed by atoms with Crippen molar-refractivity contribution in [1.29, 1.82) is 0 Å². The molecule has 0 saturated heterocycles. The van der Waals surface area contributed by atoms with E-state index in [0.29, 0.717) is 40.1 Å². The molecular weight excluding hydrogens is 395 g/mol. The monoisotopic (exact) mass is 410 g/mol. The Morgan fingerprint density at radius 1 is 1.00 bits per heavy atom. The molecule has 0 atom stereocenters. The third kappa shape index (κ3) is 3.51. The van der Waals surface area contributed by atoms with Crippen LogP contribution in [0.1, 0.15) is 11.1 Å². The smallest absolute Gasteiger partial charge is 0.335 e. The van der Waals surface area contributed by atoms with E-state index >= 15 is 0 Å². The molecule has 0 radical (unpaired) electrons. The number of hydrogen-bond acceptors (Lipinski definition) is 3. The molecule has 0 heterocycles. The van der Waals surface area contributed by atoms with E-state index in [4.69, 9.17) is 32.7 Å². The van der Waals surface area contributed by atoms with Crippen molar-refractivity contribution < 1.29 is 14.3 Å². The van der Waals surface area contributed by atoms with Crippen molar-refractivity contribution in [3.8, 4) is 17.2 Å². The van der Waals surface area contributed by atoms with Crippen molar-refractivity contribution in [2.24, 2.45) is 0 Å². The van der Waals surface area contributed by atoms with Crippen LogP contribution in [0.15, 0.2) is 72.3 Å². The minimum Gasteiger partial charge on any atom is -0.456 e. The quantitative estimate of drug-likeness (QED) is 0.276. The number of carbonyl (C=O) groups is 1. The van der Waals surface area contributed by atoms with Gasteiger partial charge in [0.1, 0.15) is 17.2 Å². The van der Waals surface area contributed by atoms with Crippen LogP contribution < -0.4 is 9.47 Å². The van der Waals surface area contributed by atoms with Crippen molar-refractivity contribution in [3.05, 3.63) is 88.4 Å². The van der Waals surface area contributed by atoms with Gasteiger partial charge in [0, 0.05) is 44.5 Å². The van der Waals surface area contributed by atoms with Gasteiger partial charge in [-0.3, -0.25) is 0 Å². The number of allylic oxidation sites excluding steroid dienone is 2. The summed E-state index contributed by atoms with van der Waals surface area (Å²) in [6.07, 6.45) is 4.11. The van der Waals surface area contributed by atoms with Crippen LogP contribution in [0.4, 0.5) is 0 Å². The number of benzene rings is 3. The van der Waals surface area contributed by atoms with E-state index in [-0.39, 0.29) is 0 Å². The lowest BCUT2D eigenvalue weighted by molar-refractivity contribution is -0.128.